The minimum atomic E-state index is -0.970. The number of pyridine rings is 1. The molecule has 4 nitrogen and oxygen atoms in total. The zero-order valence-electron chi connectivity index (χ0n) is 9.26. The molecule has 0 atom stereocenters. The van der Waals surface area contributed by atoms with Crippen LogP contribution in [0.4, 0.5) is 0 Å². The lowest BCUT2D eigenvalue weighted by molar-refractivity contribution is 0.0699. The number of hydrogen-bond acceptors (Lipinski definition) is 3. The monoisotopic (exact) mass is 231 g/mol. The number of aliphatic hydroxyl groups is 1. The quantitative estimate of drug-likeness (QED) is 0.842. The first-order chi connectivity index (χ1) is 8.22. The standard InChI is InChI=1S/C13H13NO3/c15-8-2-4-10-7-6-9-3-1-5-11(13(16)17)12(9)14-10/h1,3,5-7,15H,2,4,8H2,(H,16,17). The van der Waals surface area contributed by atoms with Gasteiger partial charge in [-0.2, -0.15) is 0 Å². The van der Waals surface area contributed by atoms with E-state index in [-0.39, 0.29) is 12.2 Å². The highest BCUT2D eigenvalue weighted by Gasteiger charge is 2.09. The van der Waals surface area contributed by atoms with E-state index in [1.54, 1.807) is 12.1 Å². The Balaban J connectivity index is 2.50. The molecule has 0 saturated carbocycles. The lowest BCUT2D eigenvalue weighted by Gasteiger charge is -2.04. The summed E-state index contributed by atoms with van der Waals surface area (Å²) in [5.74, 6) is -0.970. The molecule has 2 rings (SSSR count). The maximum atomic E-state index is 11.1. The molecule has 1 aromatic carbocycles. The molecule has 0 aliphatic rings. The number of aliphatic hydroxyl groups excluding tert-OH is 1. The molecule has 0 bridgehead atoms. The van der Waals surface area contributed by atoms with E-state index >= 15 is 0 Å². The zero-order chi connectivity index (χ0) is 12.3. The van der Waals surface area contributed by atoms with Crippen molar-refractivity contribution in [3.05, 3.63) is 41.6 Å². The van der Waals surface area contributed by atoms with Crippen LogP contribution in [0.3, 0.4) is 0 Å². The molecule has 88 valence electrons. The molecule has 2 N–H and O–H groups in total. The second kappa shape index (κ2) is 4.93. The fourth-order valence-corrected chi connectivity index (χ4v) is 1.76. The number of rotatable bonds is 4. The highest BCUT2D eigenvalue weighted by molar-refractivity contribution is 6.01. The Morgan fingerprint density at radius 1 is 1.24 bits per heavy atom. The van der Waals surface area contributed by atoms with Crippen molar-refractivity contribution in [2.24, 2.45) is 0 Å². The molecule has 0 amide bonds. The Morgan fingerprint density at radius 2 is 2.06 bits per heavy atom. The van der Waals surface area contributed by atoms with Crippen molar-refractivity contribution >= 4 is 16.9 Å². The third kappa shape index (κ3) is 2.42. The Hall–Kier alpha value is -1.94. The molecular formula is C13H13NO3. The Morgan fingerprint density at radius 3 is 2.76 bits per heavy atom. The van der Waals surface area contributed by atoms with Crippen LogP contribution in [-0.4, -0.2) is 27.8 Å². The van der Waals surface area contributed by atoms with Crippen molar-refractivity contribution < 1.29 is 15.0 Å². The molecule has 0 saturated heterocycles. The average Bonchev–Trinajstić information content (AvgIpc) is 2.35. The molecule has 2 aromatic rings. The fraction of sp³-hybridized carbons (Fsp3) is 0.231. The number of aromatic carboxylic acids is 1. The zero-order valence-corrected chi connectivity index (χ0v) is 9.26. The van der Waals surface area contributed by atoms with E-state index < -0.39 is 5.97 Å². The van der Waals surface area contributed by atoms with Gasteiger partial charge < -0.3 is 10.2 Å². The smallest absolute Gasteiger partial charge is 0.337 e. The van der Waals surface area contributed by atoms with Gasteiger partial charge in [-0.3, -0.25) is 4.98 Å². The van der Waals surface area contributed by atoms with Gasteiger partial charge in [-0.25, -0.2) is 4.79 Å². The van der Waals surface area contributed by atoms with Gasteiger partial charge in [0.2, 0.25) is 0 Å². The Bertz CT molecular complexity index is 551. The lowest BCUT2D eigenvalue weighted by atomic mass is 10.1. The van der Waals surface area contributed by atoms with Crippen LogP contribution in [0.15, 0.2) is 30.3 Å². The number of carbonyl (C=O) groups is 1. The van der Waals surface area contributed by atoms with E-state index in [2.05, 4.69) is 4.98 Å². The molecule has 0 radical (unpaired) electrons. The van der Waals surface area contributed by atoms with Crippen molar-refractivity contribution in [1.29, 1.82) is 0 Å². The third-order valence-electron chi connectivity index (χ3n) is 2.60. The number of nitrogens with zero attached hydrogens (tertiary/aromatic N) is 1. The van der Waals surface area contributed by atoms with E-state index in [0.29, 0.717) is 18.4 Å². The van der Waals surface area contributed by atoms with Crippen molar-refractivity contribution in [3.63, 3.8) is 0 Å². The van der Waals surface area contributed by atoms with Gasteiger partial charge in [0.1, 0.15) is 0 Å². The molecule has 0 aliphatic carbocycles. The summed E-state index contributed by atoms with van der Waals surface area (Å²) in [5.41, 5.74) is 1.53. The second-order valence-electron chi connectivity index (χ2n) is 3.81. The van der Waals surface area contributed by atoms with Crippen molar-refractivity contribution in [3.8, 4) is 0 Å². The number of benzene rings is 1. The number of carboxylic acid groups (broad SMARTS) is 1. The van der Waals surface area contributed by atoms with Crippen LogP contribution in [0.5, 0.6) is 0 Å². The average molecular weight is 231 g/mol. The first-order valence-electron chi connectivity index (χ1n) is 5.45. The summed E-state index contributed by atoms with van der Waals surface area (Å²) >= 11 is 0. The van der Waals surface area contributed by atoms with Gasteiger partial charge in [-0.15, -0.1) is 0 Å². The molecule has 17 heavy (non-hydrogen) atoms. The highest BCUT2D eigenvalue weighted by atomic mass is 16.4. The van der Waals surface area contributed by atoms with Crippen LogP contribution < -0.4 is 0 Å². The predicted octanol–water partition coefficient (Wildman–Crippen LogP) is 1.86. The largest absolute Gasteiger partial charge is 0.478 e. The van der Waals surface area contributed by atoms with Crippen LogP contribution in [0.1, 0.15) is 22.5 Å². The van der Waals surface area contributed by atoms with Gasteiger partial charge in [0.15, 0.2) is 0 Å². The molecule has 1 aromatic heterocycles. The molecule has 0 spiro atoms. The van der Waals surface area contributed by atoms with Crippen molar-refractivity contribution in [2.75, 3.05) is 6.61 Å². The first kappa shape index (κ1) is 11.5. The van der Waals surface area contributed by atoms with Crippen molar-refractivity contribution in [1.82, 2.24) is 4.98 Å². The van der Waals surface area contributed by atoms with Gasteiger partial charge in [-0.1, -0.05) is 18.2 Å². The predicted molar refractivity (Wildman–Crippen MR) is 64.1 cm³/mol. The number of fused-ring (bicyclic) bond motifs is 1. The highest BCUT2D eigenvalue weighted by Crippen LogP contribution is 2.17. The molecule has 0 fully saturated rings. The second-order valence-corrected chi connectivity index (χ2v) is 3.81. The van der Waals surface area contributed by atoms with Gasteiger partial charge in [0.05, 0.1) is 11.1 Å². The van der Waals surface area contributed by atoms with E-state index in [0.717, 1.165) is 11.1 Å². The van der Waals surface area contributed by atoms with Crippen LogP contribution in [-0.2, 0) is 6.42 Å². The van der Waals surface area contributed by atoms with Crippen molar-refractivity contribution in [2.45, 2.75) is 12.8 Å². The van der Waals surface area contributed by atoms with Gasteiger partial charge >= 0.3 is 5.97 Å². The molecular weight excluding hydrogens is 218 g/mol. The van der Waals surface area contributed by atoms with Crippen LogP contribution in [0.2, 0.25) is 0 Å². The summed E-state index contributed by atoms with van der Waals surface area (Å²) in [4.78, 5) is 15.4. The number of hydrogen-bond donors (Lipinski definition) is 2. The minimum absolute atomic E-state index is 0.111. The van der Waals surface area contributed by atoms with Gasteiger partial charge in [0.25, 0.3) is 0 Å². The molecule has 1 heterocycles. The van der Waals surface area contributed by atoms with E-state index in [9.17, 15) is 4.79 Å². The summed E-state index contributed by atoms with van der Waals surface area (Å²) in [6, 6.07) is 8.82. The van der Waals surface area contributed by atoms with Gasteiger partial charge in [-0.05, 0) is 25.0 Å². The van der Waals surface area contributed by atoms with Crippen LogP contribution >= 0.6 is 0 Å². The maximum Gasteiger partial charge on any atom is 0.337 e. The summed E-state index contributed by atoms with van der Waals surface area (Å²) in [7, 11) is 0. The van der Waals surface area contributed by atoms with E-state index in [1.165, 1.54) is 0 Å². The van der Waals surface area contributed by atoms with Gasteiger partial charge in [0, 0.05) is 17.7 Å². The summed E-state index contributed by atoms with van der Waals surface area (Å²) in [5, 5.41) is 18.6. The third-order valence-corrected chi connectivity index (χ3v) is 2.60. The molecule has 4 heteroatoms. The number of aromatic nitrogens is 1. The number of para-hydroxylation sites is 1. The Kier molecular flexibility index (Phi) is 3.35. The van der Waals surface area contributed by atoms with E-state index in [1.807, 2.05) is 18.2 Å². The minimum Gasteiger partial charge on any atom is -0.478 e. The fourth-order valence-electron chi connectivity index (χ4n) is 1.76. The lowest BCUT2D eigenvalue weighted by Crippen LogP contribution is -2.01. The topological polar surface area (TPSA) is 70.4 Å². The summed E-state index contributed by atoms with van der Waals surface area (Å²) in [6.45, 7) is 0.111. The van der Waals surface area contributed by atoms with Crippen LogP contribution in [0, 0.1) is 0 Å². The normalized spacial score (nSPS) is 10.6. The molecule has 0 aliphatic heterocycles. The molecule has 0 unspecified atom stereocenters. The maximum absolute atomic E-state index is 11.1. The number of carboxylic acids is 1. The number of aryl methyl sites for hydroxylation is 1. The summed E-state index contributed by atoms with van der Waals surface area (Å²) in [6.07, 6.45) is 1.29. The first-order valence-corrected chi connectivity index (χ1v) is 5.45. The van der Waals surface area contributed by atoms with E-state index in [4.69, 9.17) is 10.2 Å². The summed E-state index contributed by atoms with van der Waals surface area (Å²) < 4.78 is 0. The SMILES string of the molecule is O=C(O)c1cccc2ccc(CCCO)nc12. The Labute approximate surface area is 98.5 Å². The van der Waals surface area contributed by atoms with Crippen LogP contribution in [0.25, 0.3) is 10.9 Å².